The number of aliphatic hydroxyl groups excluding tert-OH is 2. The zero-order chi connectivity index (χ0) is 35.0. The van der Waals surface area contributed by atoms with E-state index in [9.17, 15) is 24.6 Å². The van der Waals surface area contributed by atoms with Gasteiger partial charge in [0, 0.05) is 25.9 Å². The van der Waals surface area contributed by atoms with Gasteiger partial charge in [-0.1, -0.05) is 123 Å². The van der Waals surface area contributed by atoms with Crippen LogP contribution in [-0.4, -0.2) is 91.2 Å². The van der Waals surface area contributed by atoms with Crippen molar-refractivity contribution in [2.24, 2.45) is 5.73 Å². The smallest absolute Gasteiger partial charge is 0.322 e. The Bertz CT molecular complexity index is 708. The standard InChI is InChI=1S/C37H72N2O8/c1-4-6-8-10-12-14-16-18-20-25-35(42)46-30-32(40)28-39(27-23-22-24-34(38)37(44)45-3)29-33(41)31-47-36(43)26-21-19-17-15-13-11-9-7-5-2/h32-34,40-41H,4-31,38H2,1-3H3. The van der Waals surface area contributed by atoms with E-state index < -0.39 is 24.2 Å². The van der Waals surface area contributed by atoms with Gasteiger partial charge in [0.2, 0.25) is 0 Å². The fourth-order valence-electron chi connectivity index (χ4n) is 5.61. The molecule has 0 amide bonds. The molecule has 0 aromatic heterocycles. The second kappa shape index (κ2) is 32.8. The zero-order valence-corrected chi connectivity index (χ0v) is 30.4. The van der Waals surface area contributed by atoms with Gasteiger partial charge in [-0.3, -0.25) is 19.3 Å². The minimum absolute atomic E-state index is 0.121. The molecule has 0 aliphatic rings. The molecule has 10 nitrogen and oxygen atoms in total. The van der Waals surface area contributed by atoms with Gasteiger partial charge in [0.05, 0.1) is 7.11 Å². The van der Waals surface area contributed by atoms with E-state index in [1.54, 1.807) is 0 Å². The summed E-state index contributed by atoms with van der Waals surface area (Å²) >= 11 is 0. The maximum Gasteiger partial charge on any atom is 0.322 e. The van der Waals surface area contributed by atoms with E-state index in [2.05, 4.69) is 18.6 Å². The van der Waals surface area contributed by atoms with Gasteiger partial charge in [-0.25, -0.2) is 0 Å². The van der Waals surface area contributed by atoms with E-state index >= 15 is 0 Å². The van der Waals surface area contributed by atoms with E-state index in [4.69, 9.17) is 15.2 Å². The highest BCUT2D eigenvalue weighted by atomic mass is 16.5. The maximum absolute atomic E-state index is 12.2. The van der Waals surface area contributed by atoms with E-state index in [-0.39, 0.29) is 38.2 Å². The molecule has 0 radical (unpaired) electrons. The number of ether oxygens (including phenoxy) is 3. The van der Waals surface area contributed by atoms with Gasteiger partial charge < -0.3 is 30.2 Å². The van der Waals surface area contributed by atoms with Gasteiger partial charge in [-0.15, -0.1) is 0 Å². The van der Waals surface area contributed by atoms with Gasteiger partial charge in [-0.05, 0) is 32.2 Å². The molecule has 47 heavy (non-hydrogen) atoms. The lowest BCUT2D eigenvalue weighted by molar-refractivity contribution is -0.147. The Morgan fingerprint density at radius 3 is 1.36 bits per heavy atom. The predicted octanol–water partition coefficient (Wildman–Crippen LogP) is 6.61. The summed E-state index contributed by atoms with van der Waals surface area (Å²) < 4.78 is 15.3. The summed E-state index contributed by atoms with van der Waals surface area (Å²) in [6.07, 6.45) is 21.6. The Morgan fingerprint density at radius 1 is 0.596 bits per heavy atom. The Morgan fingerprint density at radius 2 is 0.979 bits per heavy atom. The van der Waals surface area contributed by atoms with Crippen molar-refractivity contribution in [2.75, 3.05) is 40.0 Å². The number of nitrogens with zero attached hydrogens (tertiary/aromatic N) is 1. The number of unbranched alkanes of at least 4 members (excludes halogenated alkanes) is 17. The molecule has 4 N–H and O–H groups in total. The number of carbonyl (C=O) groups is 3. The Labute approximate surface area is 286 Å². The van der Waals surface area contributed by atoms with Crippen LogP contribution in [0.2, 0.25) is 0 Å². The minimum Gasteiger partial charge on any atom is -0.468 e. The average Bonchev–Trinajstić information content (AvgIpc) is 3.06. The van der Waals surface area contributed by atoms with Crippen LogP contribution in [0.1, 0.15) is 162 Å². The highest BCUT2D eigenvalue weighted by Gasteiger charge is 2.19. The van der Waals surface area contributed by atoms with Crippen molar-refractivity contribution >= 4 is 17.9 Å². The lowest BCUT2D eigenvalue weighted by atomic mass is 10.1. The fourth-order valence-corrected chi connectivity index (χ4v) is 5.61. The molecule has 0 rings (SSSR count). The highest BCUT2D eigenvalue weighted by molar-refractivity contribution is 5.75. The van der Waals surface area contributed by atoms with Crippen molar-refractivity contribution < 1.29 is 38.8 Å². The second-order valence-electron chi connectivity index (χ2n) is 13.2. The van der Waals surface area contributed by atoms with Crippen LogP contribution in [0.15, 0.2) is 0 Å². The summed E-state index contributed by atoms with van der Waals surface area (Å²) in [6.45, 7) is 5.06. The molecular formula is C37H72N2O8. The van der Waals surface area contributed by atoms with Crippen molar-refractivity contribution in [2.45, 2.75) is 180 Å². The monoisotopic (exact) mass is 673 g/mol. The maximum atomic E-state index is 12.2. The zero-order valence-electron chi connectivity index (χ0n) is 30.4. The number of esters is 3. The average molecular weight is 673 g/mol. The van der Waals surface area contributed by atoms with E-state index in [0.717, 1.165) is 38.5 Å². The topological polar surface area (TPSA) is 149 Å². The molecule has 0 heterocycles. The highest BCUT2D eigenvalue weighted by Crippen LogP contribution is 2.13. The van der Waals surface area contributed by atoms with Gasteiger partial charge >= 0.3 is 17.9 Å². The van der Waals surface area contributed by atoms with E-state index in [1.165, 1.54) is 84.2 Å². The number of hydrogen-bond donors (Lipinski definition) is 3. The van der Waals surface area contributed by atoms with Gasteiger partial charge in [-0.2, -0.15) is 0 Å². The minimum atomic E-state index is -0.930. The first-order chi connectivity index (χ1) is 22.7. The molecule has 0 aromatic carbocycles. The number of aliphatic hydroxyl groups is 2. The molecule has 0 saturated heterocycles. The summed E-state index contributed by atoms with van der Waals surface area (Å²) in [6, 6.07) is -0.694. The van der Waals surface area contributed by atoms with Crippen LogP contribution in [0.25, 0.3) is 0 Å². The van der Waals surface area contributed by atoms with Crippen LogP contribution >= 0.6 is 0 Å². The molecule has 0 aliphatic heterocycles. The van der Waals surface area contributed by atoms with Crippen molar-refractivity contribution in [1.82, 2.24) is 4.90 Å². The molecule has 0 spiro atoms. The van der Waals surface area contributed by atoms with E-state index in [0.29, 0.717) is 38.6 Å². The van der Waals surface area contributed by atoms with Gasteiger partial charge in [0.1, 0.15) is 31.5 Å². The Balaban J connectivity index is 4.46. The Hall–Kier alpha value is -1.75. The number of rotatable bonds is 34. The van der Waals surface area contributed by atoms with Crippen LogP contribution in [-0.2, 0) is 28.6 Å². The molecule has 0 bridgehead atoms. The largest absolute Gasteiger partial charge is 0.468 e. The quantitative estimate of drug-likeness (QED) is 0.0387. The summed E-state index contributed by atoms with van der Waals surface area (Å²) in [5.74, 6) is -1.08. The van der Waals surface area contributed by atoms with Crippen LogP contribution in [0.5, 0.6) is 0 Å². The molecular weight excluding hydrogens is 600 g/mol. The van der Waals surface area contributed by atoms with Crippen molar-refractivity contribution in [3.05, 3.63) is 0 Å². The number of hydrogen-bond acceptors (Lipinski definition) is 10. The SMILES string of the molecule is CCCCCCCCCCCC(=O)OCC(O)CN(CCCCC(N)C(=O)OC)CC(O)COC(=O)CCCCCCCCCCC. The number of nitrogens with two attached hydrogens (primary N) is 1. The van der Waals surface area contributed by atoms with Crippen LogP contribution in [0.3, 0.4) is 0 Å². The molecule has 3 unspecified atom stereocenters. The fraction of sp³-hybridized carbons (Fsp3) is 0.919. The third-order valence-electron chi connectivity index (χ3n) is 8.52. The molecule has 0 fully saturated rings. The van der Waals surface area contributed by atoms with Crippen LogP contribution < -0.4 is 5.73 Å². The summed E-state index contributed by atoms with van der Waals surface area (Å²) in [7, 11) is 1.30. The summed E-state index contributed by atoms with van der Waals surface area (Å²) in [5, 5.41) is 21.2. The van der Waals surface area contributed by atoms with Crippen molar-refractivity contribution in [3.8, 4) is 0 Å². The number of methoxy groups -OCH3 is 1. The van der Waals surface area contributed by atoms with Crippen LogP contribution in [0.4, 0.5) is 0 Å². The lowest BCUT2D eigenvalue weighted by Crippen LogP contribution is -2.42. The van der Waals surface area contributed by atoms with Gasteiger partial charge in [0.15, 0.2) is 0 Å². The first-order valence-electron chi connectivity index (χ1n) is 19.0. The normalized spacial score (nSPS) is 13.3. The molecule has 0 aliphatic carbocycles. The first kappa shape index (κ1) is 45.2. The third kappa shape index (κ3) is 30.1. The number of carbonyl (C=O) groups excluding carboxylic acids is 3. The third-order valence-corrected chi connectivity index (χ3v) is 8.52. The lowest BCUT2D eigenvalue weighted by Gasteiger charge is -2.27. The van der Waals surface area contributed by atoms with Gasteiger partial charge in [0.25, 0.3) is 0 Å². The Kier molecular flexibility index (Phi) is 31.6. The van der Waals surface area contributed by atoms with Crippen molar-refractivity contribution in [3.63, 3.8) is 0 Å². The molecule has 10 heteroatoms. The molecule has 278 valence electrons. The van der Waals surface area contributed by atoms with Crippen molar-refractivity contribution in [1.29, 1.82) is 0 Å². The van der Waals surface area contributed by atoms with Crippen LogP contribution in [0, 0.1) is 0 Å². The summed E-state index contributed by atoms with van der Waals surface area (Å²) in [5.41, 5.74) is 5.84. The predicted molar refractivity (Wildman–Crippen MR) is 188 cm³/mol. The molecule has 0 saturated carbocycles. The van der Waals surface area contributed by atoms with E-state index in [1.807, 2.05) is 4.90 Å². The second-order valence-corrected chi connectivity index (χ2v) is 13.2. The molecule has 3 atom stereocenters. The first-order valence-corrected chi connectivity index (χ1v) is 19.0. The summed E-state index contributed by atoms with van der Waals surface area (Å²) in [4.78, 5) is 37.9. The molecule has 0 aromatic rings.